The standard InChI is InChI=1S/C15H17N3O3/c1-9-4-6-11(7-5-9)12-8-13(18-17-12)14(19)16-10(2)15(20)21-3/h4-8,10H,1-3H3,(H,16,19)(H,17,18). The molecule has 1 aromatic heterocycles. The maximum atomic E-state index is 12.0. The maximum absolute atomic E-state index is 12.0. The minimum Gasteiger partial charge on any atom is -0.467 e. The number of carbonyl (C=O) groups is 2. The lowest BCUT2D eigenvalue weighted by atomic mass is 10.1. The van der Waals surface area contributed by atoms with Crippen LogP contribution in [0.25, 0.3) is 11.3 Å². The van der Waals surface area contributed by atoms with Crippen molar-refractivity contribution in [3.63, 3.8) is 0 Å². The quantitative estimate of drug-likeness (QED) is 0.838. The third-order valence-corrected chi connectivity index (χ3v) is 3.07. The Hall–Kier alpha value is -2.63. The lowest BCUT2D eigenvalue weighted by Gasteiger charge is -2.09. The van der Waals surface area contributed by atoms with Crippen molar-refractivity contribution in [3.8, 4) is 11.3 Å². The Bertz CT molecular complexity index is 646. The normalized spacial score (nSPS) is 11.8. The first-order valence-electron chi connectivity index (χ1n) is 6.52. The van der Waals surface area contributed by atoms with Crippen molar-refractivity contribution in [2.75, 3.05) is 7.11 Å². The summed E-state index contributed by atoms with van der Waals surface area (Å²) in [6, 6.07) is 8.75. The van der Waals surface area contributed by atoms with Gasteiger partial charge >= 0.3 is 5.97 Å². The Morgan fingerprint density at radius 2 is 1.95 bits per heavy atom. The minimum atomic E-state index is -0.714. The molecule has 2 rings (SSSR count). The van der Waals surface area contributed by atoms with Crippen molar-refractivity contribution >= 4 is 11.9 Å². The number of nitrogens with one attached hydrogen (secondary N) is 2. The van der Waals surface area contributed by atoms with E-state index in [2.05, 4.69) is 20.3 Å². The van der Waals surface area contributed by atoms with E-state index in [1.54, 1.807) is 13.0 Å². The first kappa shape index (κ1) is 14.8. The molecule has 6 heteroatoms. The zero-order chi connectivity index (χ0) is 15.4. The Morgan fingerprint density at radius 1 is 1.29 bits per heavy atom. The number of esters is 1. The Balaban J connectivity index is 2.10. The van der Waals surface area contributed by atoms with Crippen molar-refractivity contribution in [3.05, 3.63) is 41.6 Å². The Morgan fingerprint density at radius 3 is 2.57 bits per heavy atom. The number of benzene rings is 1. The summed E-state index contributed by atoms with van der Waals surface area (Å²) in [5.74, 6) is -0.902. The van der Waals surface area contributed by atoms with Crippen LogP contribution in [0.1, 0.15) is 23.0 Å². The van der Waals surface area contributed by atoms with Gasteiger partial charge in [0.2, 0.25) is 0 Å². The summed E-state index contributed by atoms with van der Waals surface area (Å²) in [5.41, 5.74) is 3.03. The SMILES string of the molecule is COC(=O)C(C)NC(=O)c1cc(-c2ccc(C)cc2)n[nH]1. The second kappa shape index (κ2) is 6.21. The van der Waals surface area contributed by atoms with Crippen molar-refractivity contribution < 1.29 is 14.3 Å². The molecule has 0 aliphatic heterocycles. The maximum Gasteiger partial charge on any atom is 0.328 e. The molecule has 0 fully saturated rings. The van der Waals surface area contributed by atoms with Crippen LogP contribution < -0.4 is 5.32 Å². The van der Waals surface area contributed by atoms with Gasteiger partial charge in [0.25, 0.3) is 5.91 Å². The molecule has 0 spiro atoms. The summed E-state index contributed by atoms with van der Waals surface area (Å²) in [5, 5.41) is 9.31. The van der Waals surface area contributed by atoms with E-state index >= 15 is 0 Å². The van der Waals surface area contributed by atoms with Crippen molar-refractivity contribution in [2.45, 2.75) is 19.9 Å². The largest absolute Gasteiger partial charge is 0.467 e. The number of aromatic amines is 1. The molecule has 0 aliphatic rings. The van der Waals surface area contributed by atoms with E-state index in [1.165, 1.54) is 7.11 Å². The third-order valence-electron chi connectivity index (χ3n) is 3.07. The van der Waals surface area contributed by atoms with Crippen LogP contribution in [-0.2, 0) is 9.53 Å². The molecule has 1 amide bonds. The highest BCUT2D eigenvalue weighted by atomic mass is 16.5. The molecule has 6 nitrogen and oxygen atoms in total. The number of nitrogens with zero attached hydrogens (tertiary/aromatic N) is 1. The number of hydrogen-bond donors (Lipinski definition) is 2. The Kier molecular flexibility index (Phi) is 4.37. The third kappa shape index (κ3) is 3.47. The van der Waals surface area contributed by atoms with Crippen molar-refractivity contribution in [2.24, 2.45) is 0 Å². The van der Waals surface area contributed by atoms with Gasteiger partial charge in [-0.25, -0.2) is 4.79 Å². The van der Waals surface area contributed by atoms with Crippen LogP contribution in [0.3, 0.4) is 0 Å². The summed E-state index contributed by atoms with van der Waals surface area (Å²) >= 11 is 0. The molecule has 1 unspecified atom stereocenters. The number of hydrogen-bond acceptors (Lipinski definition) is 4. The molecule has 0 saturated carbocycles. The number of amides is 1. The molecule has 2 aromatic rings. The second-order valence-electron chi connectivity index (χ2n) is 4.75. The predicted octanol–water partition coefficient (Wildman–Crippen LogP) is 1.68. The summed E-state index contributed by atoms with van der Waals surface area (Å²) in [6.07, 6.45) is 0. The number of aromatic nitrogens is 2. The monoisotopic (exact) mass is 287 g/mol. The van der Waals surface area contributed by atoms with Gasteiger partial charge in [-0.1, -0.05) is 29.8 Å². The molecule has 1 heterocycles. The average molecular weight is 287 g/mol. The first-order chi connectivity index (χ1) is 10.0. The van der Waals surface area contributed by atoms with E-state index < -0.39 is 17.9 Å². The van der Waals surface area contributed by atoms with Crippen molar-refractivity contribution in [1.82, 2.24) is 15.5 Å². The lowest BCUT2D eigenvalue weighted by molar-refractivity contribution is -0.142. The van der Waals surface area contributed by atoms with Crippen LogP contribution in [0.5, 0.6) is 0 Å². The van der Waals surface area contributed by atoms with Crippen LogP contribution in [0.4, 0.5) is 0 Å². The van der Waals surface area contributed by atoms with Crippen molar-refractivity contribution in [1.29, 1.82) is 0 Å². The molecule has 1 aromatic carbocycles. The van der Waals surface area contributed by atoms with Gasteiger partial charge in [0.15, 0.2) is 0 Å². The molecule has 0 radical (unpaired) electrons. The highest BCUT2D eigenvalue weighted by molar-refractivity contribution is 5.95. The highest BCUT2D eigenvalue weighted by Gasteiger charge is 2.18. The van der Waals surface area contributed by atoms with Gasteiger partial charge < -0.3 is 10.1 Å². The van der Waals surface area contributed by atoms with Gasteiger partial charge in [-0.05, 0) is 19.9 Å². The molecule has 21 heavy (non-hydrogen) atoms. The predicted molar refractivity (Wildman–Crippen MR) is 77.7 cm³/mol. The number of carbonyl (C=O) groups excluding carboxylic acids is 2. The minimum absolute atomic E-state index is 0.293. The first-order valence-corrected chi connectivity index (χ1v) is 6.52. The van der Waals surface area contributed by atoms with Crippen LogP contribution in [0, 0.1) is 6.92 Å². The molecule has 0 aliphatic carbocycles. The van der Waals surface area contributed by atoms with Gasteiger partial charge in [-0.15, -0.1) is 0 Å². The second-order valence-corrected chi connectivity index (χ2v) is 4.75. The zero-order valence-corrected chi connectivity index (χ0v) is 12.1. The number of aryl methyl sites for hydroxylation is 1. The molecule has 110 valence electrons. The molecule has 1 atom stereocenters. The molecular weight excluding hydrogens is 270 g/mol. The summed E-state index contributed by atoms with van der Waals surface area (Å²) < 4.78 is 4.55. The molecule has 0 saturated heterocycles. The summed E-state index contributed by atoms with van der Waals surface area (Å²) in [6.45, 7) is 3.56. The smallest absolute Gasteiger partial charge is 0.328 e. The molecule has 0 bridgehead atoms. The van der Waals surface area contributed by atoms with Gasteiger partial charge in [0.05, 0.1) is 12.8 Å². The van der Waals surface area contributed by atoms with E-state index in [1.807, 2.05) is 31.2 Å². The number of rotatable bonds is 4. The van der Waals surface area contributed by atoms with E-state index in [4.69, 9.17) is 0 Å². The van der Waals surface area contributed by atoms with Crippen LogP contribution in [0.15, 0.2) is 30.3 Å². The summed E-state index contributed by atoms with van der Waals surface area (Å²) in [4.78, 5) is 23.3. The van der Waals surface area contributed by atoms with Gasteiger partial charge in [-0.2, -0.15) is 5.10 Å². The van der Waals surface area contributed by atoms with Crippen LogP contribution >= 0.6 is 0 Å². The number of methoxy groups -OCH3 is 1. The van der Waals surface area contributed by atoms with Gasteiger partial charge in [0, 0.05) is 5.56 Å². The van der Waals surface area contributed by atoms with E-state index in [0.717, 1.165) is 11.1 Å². The van der Waals surface area contributed by atoms with Crippen LogP contribution in [0.2, 0.25) is 0 Å². The average Bonchev–Trinajstić information content (AvgIpc) is 2.97. The zero-order valence-electron chi connectivity index (χ0n) is 12.1. The molecular formula is C15H17N3O3. The topological polar surface area (TPSA) is 84.1 Å². The summed E-state index contributed by atoms with van der Waals surface area (Å²) in [7, 11) is 1.27. The van der Waals surface area contributed by atoms with Gasteiger partial charge in [-0.3, -0.25) is 9.89 Å². The van der Waals surface area contributed by atoms with Crippen LogP contribution in [-0.4, -0.2) is 35.2 Å². The van der Waals surface area contributed by atoms with E-state index in [0.29, 0.717) is 11.4 Å². The lowest BCUT2D eigenvalue weighted by Crippen LogP contribution is -2.39. The van der Waals surface area contributed by atoms with Gasteiger partial charge in [0.1, 0.15) is 11.7 Å². The van der Waals surface area contributed by atoms with E-state index in [9.17, 15) is 9.59 Å². The number of H-pyrrole nitrogens is 1. The fraction of sp³-hybridized carbons (Fsp3) is 0.267. The fourth-order valence-corrected chi connectivity index (χ4v) is 1.82. The molecule has 2 N–H and O–H groups in total. The number of ether oxygens (including phenoxy) is 1. The van der Waals surface area contributed by atoms with E-state index in [-0.39, 0.29) is 0 Å². The highest BCUT2D eigenvalue weighted by Crippen LogP contribution is 2.18. The Labute approximate surface area is 122 Å². The fourth-order valence-electron chi connectivity index (χ4n) is 1.82.